The number of nitrogens with one attached hydrogen (secondary N) is 2. The Bertz CT molecular complexity index is 1250. The number of likely N-dealkylation sites (tertiary alicyclic amines) is 1. The number of aliphatic hydroxyl groups excluding tert-OH is 1. The van der Waals surface area contributed by atoms with Crippen LogP contribution in [0, 0.1) is 11.6 Å². The molecule has 4 amide bonds. The molecule has 1 fully saturated rings. The van der Waals surface area contributed by atoms with E-state index in [0.29, 0.717) is 17.4 Å². The maximum atomic E-state index is 14.1. The number of hydrogen-bond acceptors (Lipinski definition) is 7. The molecule has 39 heavy (non-hydrogen) atoms. The first-order valence-electron chi connectivity index (χ1n) is 12.6. The molecule has 3 heterocycles. The van der Waals surface area contributed by atoms with E-state index in [0.717, 1.165) is 50.9 Å². The number of β-amino-alcohol motifs (C(OH)–C–C–N with tert-alkyl or cyclic N) is 1. The highest BCUT2D eigenvalue weighted by Crippen LogP contribution is 2.35. The van der Waals surface area contributed by atoms with Gasteiger partial charge >= 0.3 is 18.0 Å². The fourth-order valence-corrected chi connectivity index (χ4v) is 5.00. The number of nitrogens with zero attached hydrogens (tertiary/aromatic N) is 3. The van der Waals surface area contributed by atoms with Crippen LogP contribution in [0.2, 0.25) is 0 Å². The molecule has 4 rings (SSSR count). The standard InChI is InChI=1S/C27H31F2N5O5/c1-16-23(25(36)39-2)24(18-6-7-20(28)21(29)13-18)34(27(38)32-16)26(37)31-14-19(35)15-33-11-8-17(9-12-33)22-5-3-4-10-30-22/h3-7,10,13,17,19,24,35H,8-9,11-12,14-15H2,1-2H3,(H,31,37)(H,32,38). The van der Waals surface area contributed by atoms with Crippen LogP contribution in [0.1, 0.15) is 43.0 Å². The number of carbonyl (C=O) groups is 3. The summed E-state index contributed by atoms with van der Waals surface area (Å²) in [6, 6.07) is 5.51. The number of amides is 4. The highest BCUT2D eigenvalue weighted by molar-refractivity contribution is 6.01. The summed E-state index contributed by atoms with van der Waals surface area (Å²) in [7, 11) is 1.13. The minimum atomic E-state index is -1.39. The second kappa shape index (κ2) is 12.3. The van der Waals surface area contributed by atoms with E-state index >= 15 is 0 Å². The number of benzene rings is 1. The van der Waals surface area contributed by atoms with Crippen LogP contribution in [0.25, 0.3) is 0 Å². The van der Waals surface area contributed by atoms with Crippen LogP contribution in [-0.2, 0) is 9.53 Å². The Balaban J connectivity index is 1.42. The van der Waals surface area contributed by atoms with Crippen LogP contribution < -0.4 is 10.6 Å². The van der Waals surface area contributed by atoms with E-state index < -0.39 is 41.8 Å². The van der Waals surface area contributed by atoms with Gasteiger partial charge in [0.1, 0.15) is 6.04 Å². The molecule has 2 aliphatic rings. The van der Waals surface area contributed by atoms with Crippen molar-refractivity contribution in [1.82, 2.24) is 25.4 Å². The Morgan fingerprint density at radius 1 is 1.21 bits per heavy atom. The van der Waals surface area contributed by atoms with E-state index in [-0.39, 0.29) is 23.4 Å². The van der Waals surface area contributed by atoms with Crippen molar-refractivity contribution in [3.63, 3.8) is 0 Å². The molecule has 1 aromatic heterocycles. The molecule has 3 N–H and O–H groups in total. The number of urea groups is 2. The van der Waals surface area contributed by atoms with Gasteiger partial charge < -0.3 is 25.4 Å². The van der Waals surface area contributed by atoms with Gasteiger partial charge in [0.2, 0.25) is 0 Å². The third-order valence-corrected chi connectivity index (χ3v) is 6.98. The maximum Gasteiger partial charge on any atom is 0.337 e. The number of pyridine rings is 1. The fourth-order valence-electron chi connectivity index (χ4n) is 5.00. The number of aromatic nitrogens is 1. The molecule has 0 radical (unpaired) electrons. The van der Waals surface area contributed by atoms with Crippen LogP contribution in [0.3, 0.4) is 0 Å². The number of methoxy groups -OCH3 is 1. The lowest BCUT2D eigenvalue weighted by molar-refractivity contribution is -0.136. The first kappa shape index (κ1) is 28.1. The number of imide groups is 1. The van der Waals surface area contributed by atoms with Gasteiger partial charge in [0.15, 0.2) is 11.6 Å². The Labute approximate surface area is 224 Å². The minimum absolute atomic E-state index is 0.00465. The Kier molecular flexibility index (Phi) is 8.87. The predicted molar refractivity (Wildman–Crippen MR) is 136 cm³/mol. The molecule has 10 nitrogen and oxygen atoms in total. The van der Waals surface area contributed by atoms with E-state index in [1.165, 1.54) is 13.0 Å². The van der Waals surface area contributed by atoms with E-state index in [1.807, 2.05) is 18.2 Å². The molecule has 0 saturated carbocycles. The number of carbonyl (C=O) groups excluding carboxylic acids is 3. The molecule has 2 atom stereocenters. The normalized spacial score (nSPS) is 19.5. The number of rotatable bonds is 7. The van der Waals surface area contributed by atoms with Crippen LogP contribution in [0.5, 0.6) is 0 Å². The van der Waals surface area contributed by atoms with E-state index in [2.05, 4.69) is 20.5 Å². The van der Waals surface area contributed by atoms with Gasteiger partial charge in [-0.1, -0.05) is 12.1 Å². The Hall–Kier alpha value is -3.90. The van der Waals surface area contributed by atoms with Crippen LogP contribution in [0.4, 0.5) is 18.4 Å². The number of esters is 1. The number of ether oxygens (including phenoxy) is 1. The van der Waals surface area contributed by atoms with Gasteiger partial charge in [-0.25, -0.2) is 28.1 Å². The summed E-state index contributed by atoms with van der Waals surface area (Å²) in [5.74, 6) is -2.83. The van der Waals surface area contributed by atoms with Gasteiger partial charge in [0.05, 0.1) is 18.8 Å². The second-order valence-corrected chi connectivity index (χ2v) is 9.58. The topological polar surface area (TPSA) is 124 Å². The molecular formula is C27H31F2N5O5. The number of aliphatic hydroxyl groups is 1. The van der Waals surface area contributed by atoms with Crippen LogP contribution in [0.15, 0.2) is 53.9 Å². The van der Waals surface area contributed by atoms with Crippen LogP contribution >= 0.6 is 0 Å². The highest BCUT2D eigenvalue weighted by Gasteiger charge is 2.42. The van der Waals surface area contributed by atoms with Gasteiger partial charge in [-0.05, 0) is 62.7 Å². The lowest BCUT2D eigenvalue weighted by Gasteiger charge is -2.36. The van der Waals surface area contributed by atoms with Crippen molar-refractivity contribution in [3.05, 3.63) is 76.8 Å². The molecule has 208 valence electrons. The van der Waals surface area contributed by atoms with E-state index in [4.69, 9.17) is 4.74 Å². The van der Waals surface area contributed by atoms with Gasteiger partial charge in [-0.2, -0.15) is 0 Å². The SMILES string of the molecule is COC(=O)C1=C(C)NC(=O)N(C(=O)NCC(O)CN2CCC(c3ccccn3)CC2)C1c1ccc(F)c(F)c1. The molecule has 0 bridgehead atoms. The zero-order valence-corrected chi connectivity index (χ0v) is 21.7. The highest BCUT2D eigenvalue weighted by atomic mass is 19.2. The maximum absolute atomic E-state index is 14.1. The molecule has 1 saturated heterocycles. The number of piperidine rings is 1. The monoisotopic (exact) mass is 543 g/mol. The number of hydrogen-bond donors (Lipinski definition) is 3. The molecule has 0 aliphatic carbocycles. The van der Waals surface area contributed by atoms with Gasteiger partial charge in [0.25, 0.3) is 0 Å². The third kappa shape index (κ3) is 6.40. The number of allylic oxidation sites excluding steroid dienone is 1. The second-order valence-electron chi connectivity index (χ2n) is 9.58. The van der Waals surface area contributed by atoms with E-state index in [9.17, 15) is 28.3 Å². The summed E-state index contributed by atoms with van der Waals surface area (Å²) in [5.41, 5.74) is 1.04. The van der Waals surface area contributed by atoms with Gasteiger partial charge in [-0.15, -0.1) is 0 Å². The summed E-state index contributed by atoms with van der Waals surface area (Å²) in [6.45, 7) is 3.08. The predicted octanol–water partition coefficient (Wildman–Crippen LogP) is 2.82. The zero-order valence-electron chi connectivity index (χ0n) is 21.7. The fraction of sp³-hybridized carbons (Fsp3) is 0.407. The van der Waals surface area contributed by atoms with Crippen molar-refractivity contribution in [2.75, 3.05) is 33.3 Å². The molecule has 2 unspecified atom stereocenters. The average Bonchev–Trinajstić information content (AvgIpc) is 2.93. The lowest BCUT2D eigenvalue weighted by Crippen LogP contribution is -2.55. The molecule has 1 aromatic carbocycles. The molecule has 0 spiro atoms. The average molecular weight is 544 g/mol. The van der Waals surface area contributed by atoms with Crippen molar-refractivity contribution in [3.8, 4) is 0 Å². The van der Waals surface area contributed by atoms with Crippen molar-refractivity contribution in [1.29, 1.82) is 0 Å². The quantitative estimate of drug-likeness (QED) is 0.459. The zero-order chi connectivity index (χ0) is 28.1. The van der Waals surface area contributed by atoms with Crippen molar-refractivity contribution in [2.45, 2.75) is 37.8 Å². The first-order valence-corrected chi connectivity index (χ1v) is 12.6. The largest absolute Gasteiger partial charge is 0.466 e. The summed E-state index contributed by atoms with van der Waals surface area (Å²) in [4.78, 5) is 45.8. The number of halogens is 2. The molecule has 2 aromatic rings. The summed E-state index contributed by atoms with van der Waals surface area (Å²) >= 11 is 0. The van der Waals surface area contributed by atoms with E-state index in [1.54, 1.807) is 6.20 Å². The minimum Gasteiger partial charge on any atom is -0.466 e. The summed E-state index contributed by atoms with van der Waals surface area (Å²) in [5, 5.41) is 15.6. The first-order chi connectivity index (χ1) is 18.7. The van der Waals surface area contributed by atoms with Gasteiger partial charge in [0, 0.05) is 36.6 Å². The summed E-state index contributed by atoms with van der Waals surface area (Å²) < 4.78 is 32.5. The molecule has 2 aliphatic heterocycles. The Morgan fingerprint density at radius 3 is 2.59 bits per heavy atom. The smallest absolute Gasteiger partial charge is 0.337 e. The third-order valence-electron chi connectivity index (χ3n) is 6.98. The Morgan fingerprint density at radius 2 is 1.95 bits per heavy atom. The summed E-state index contributed by atoms with van der Waals surface area (Å²) in [6.07, 6.45) is 2.62. The molecular weight excluding hydrogens is 512 g/mol. The van der Waals surface area contributed by atoms with Gasteiger partial charge in [-0.3, -0.25) is 4.98 Å². The van der Waals surface area contributed by atoms with Crippen molar-refractivity contribution < 1.29 is 33.0 Å². The van der Waals surface area contributed by atoms with Crippen molar-refractivity contribution >= 4 is 18.0 Å². The van der Waals surface area contributed by atoms with Crippen LogP contribution in [-0.4, -0.2) is 77.3 Å². The lowest BCUT2D eigenvalue weighted by atomic mass is 9.93. The van der Waals surface area contributed by atoms with Crippen molar-refractivity contribution in [2.24, 2.45) is 0 Å². The molecule has 12 heteroatoms.